The van der Waals surface area contributed by atoms with Gasteiger partial charge in [0.25, 0.3) is 0 Å². The number of alkyl carbamates (subject to hydrolysis) is 1. The number of rotatable bonds is 20. The number of fused-ring (bicyclic) bond motifs is 1. The van der Waals surface area contributed by atoms with Crippen molar-refractivity contribution >= 4 is 46.7 Å². The Morgan fingerprint density at radius 3 is 2.07 bits per heavy atom. The average Bonchev–Trinajstić information content (AvgIpc) is 3.12. The molecular weight excluding hydrogens is 698 g/mol. The Bertz CT molecular complexity index is 1570. The summed E-state index contributed by atoms with van der Waals surface area (Å²) in [6.07, 6.45) is 4.27. The van der Waals surface area contributed by atoms with Gasteiger partial charge in [0.1, 0.15) is 17.7 Å². The molecule has 3 rings (SSSR count). The second kappa shape index (κ2) is 21.7. The first-order chi connectivity index (χ1) is 25.6. The number of nitrogens with one attached hydrogen (secondary N) is 5. The number of methoxy groups -OCH3 is 1. The van der Waals surface area contributed by atoms with Crippen molar-refractivity contribution in [1.82, 2.24) is 26.6 Å². The number of hydrogen-bond donors (Lipinski definition) is 7. The van der Waals surface area contributed by atoms with E-state index in [4.69, 9.17) is 14.6 Å². The Balaban J connectivity index is 1.52. The summed E-state index contributed by atoms with van der Waals surface area (Å²) in [4.78, 5) is 72.8. The van der Waals surface area contributed by atoms with Crippen LogP contribution in [0.2, 0.25) is 0 Å². The summed E-state index contributed by atoms with van der Waals surface area (Å²) in [6.45, 7) is 7.07. The van der Waals surface area contributed by atoms with Gasteiger partial charge in [0.05, 0.1) is 13.2 Å². The van der Waals surface area contributed by atoms with Crippen LogP contribution in [0, 0.1) is 11.8 Å². The van der Waals surface area contributed by atoms with Gasteiger partial charge in [-0.2, -0.15) is 0 Å². The highest BCUT2D eigenvalue weighted by Gasteiger charge is 2.27. The van der Waals surface area contributed by atoms with Crippen molar-refractivity contribution in [3.05, 3.63) is 48.0 Å². The Morgan fingerprint density at radius 1 is 0.796 bits per heavy atom. The van der Waals surface area contributed by atoms with Gasteiger partial charge in [-0.3, -0.25) is 9.59 Å². The number of benzene rings is 2. The van der Waals surface area contributed by atoms with Crippen LogP contribution >= 0.6 is 0 Å². The molecule has 0 saturated heterocycles. The lowest BCUT2D eigenvalue weighted by molar-refractivity contribution is -0.143. The molecule has 4 amide bonds. The summed E-state index contributed by atoms with van der Waals surface area (Å²) < 4.78 is 10.2. The lowest BCUT2D eigenvalue weighted by Crippen LogP contribution is -2.51. The van der Waals surface area contributed by atoms with Crippen LogP contribution in [0.3, 0.4) is 0 Å². The molecule has 298 valence electrons. The molecule has 0 aliphatic heterocycles. The SMILES string of the molecule is COC(=O)[C@H](CCCCNC(=O)[C@H](Cc1ccc2ccccc2c1)NCC1CCC(CNC(=O)OC(C)(C)C)CC1)NC(=O)N[C@@H](CCC(=O)O)C(=O)O. The monoisotopic (exact) mass is 755 g/mol. The van der Waals surface area contributed by atoms with Crippen molar-refractivity contribution < 1.29 is 48.5 Å². The zero-order valence-corrected chi connectivity index (χ0v) is 31.8. The predicted octanol–water partition coefficient (Wildman–Crippen LogP) is 4.12. The standard InChI is InChI=1S/C39H57N5O10/c1-39(2,3)54-38(52)42-24-26-14-12-25(13-15-26)23-41-32(22-27-16-17-28-9-5-6-10-29(28)21-27)34(47)40-20-8-7-11-31(36(50)53-4)44-37(51)43-30(35(48)49)18-19-33(45)46/h5-6,9-10,16-17,21,25-26,30-32,41H,7-8,11-15,18-20,22-24H2,1-4H3,(H,40,47)(H,42,52)(H,45,46)(H,48,49)(H2,43,44,51)/t25?,26?,30-,31-,32-/m0/s1. The van der Waals surface area contributed by atoms with Crippen molar-refractivity contribution in [1.29, 1.82) is 0 Å². The first-order valence-corrected chi connectivity index (χ1v) is 18.7. The number of carbonyl (C=O) groups is 6. The molecular formula is C39H57N5O10. The topological polar surface area (TPSA) is 221 Å². The highest BCUT2D eigenvalue weighted by molar-refractivity contribution is 5.87. The maximum atomic E-state index is 13.6. The molecule has 2 aromatic rings. The van der Waals surface area contributed by atoms with Crippen LogP contribution in [-0.4, -0.2) is 96.6 Å². The molecule has 0 spiro atoms. The third-order valence-electron chi connectivity index (χ3n) is 9.38. The summed E-state index contributed by atoms with van der Waals surface area (Å²) >= 11 is 0. The van der Waals surface area contributed by atoms with Crippen molar-refractivity contribution in [2.24, 2.45) is 11.8 Å². The predicted molar refractivity (Wildman–Crippen MR) is 202 cm³/mol. The van der Waals surface area contributed by atoms with Crippen LogP contribution in [-0.2, 0) is 35.1 Å². The molecule has 0 heterocycles. The second-order valence-electron chi connectivity index (χ2n) is 14.9. The summed E-state index contributed by atoms with van der Waals surface area (Å²) in [5, 5.41) is 34.4. The van der Waals surface area contributed by atoms with Gasteiger partial charge in [-0.05, 0) is 113 Å². The summed E-state index contributed by atoms with van der Waals surface area (Å²) in [6, 6.07) is 10.3. The maximum Gasteiger partial charge on any atom is 0.407 e. The molecule has 2 aromatic carbocycles. The van der Waals surface area contributed by atoms with Crippen LogP contribution in [0.1, 0.15) is 84.1 Å². The molecule has 0 radical (unpaired) electrons. The lowest BCUT2D eigenvalue weighted by atomic mass is 9.82. The van der Waals surface area contributed by atoms with E-state index < -0.39 is 60.2 Å². The molecule has 1 fully saturated rings. The molecule has 1 aliphatic carbocycles. The number of amides is 4. The van der Waals surface area contributed by atoms with Gasteiger partial charge in [0.2, 0.25) is 5.91 Å². The Hall–Kier alpha value is -4.92. The quantitative estimate of drug-likeness (QED) is 0.0753. The molecule has 7 N–H and O–H groups in total. The van der Waals surface area contributed by atoms with E-state index in [1.807, 2.05) is 51.1 Å². The van der Waals surface area contributed by atoms with Crippen LogP contribution in [0.5, 0.6) is 0 Å². The Kier molecular flexibility index (Phi) is 17.5. The van der Waals surface area contributed by atoms with Gasteiger partial charge in [-0.25, -0.2) is 19.2 Å². The normalized spacial score (nSPS) is 17.3. The van der Waals surface area contributed by atoms with Crippen molar-refractivity contribution in [3.63, 3.8) is 0 Å². The molecule has 1 saturated carbocycles. The fourth-order valence-electron chi connectivity index (χ4n) is 6.43. The van der Waals surface area contributed by atoms with Gasteiger partial charge in [0, 0.05) is 19.5 Å². The number of carboxylic acids is 2. The van der Waals surface area contributed by atoms with E-state index >= 15 is 0 Å². The molecule has 3 atom stereocenters. The minimum atomic E-state index is -1.45. The highest BCUT2D eigenvalue weighted by atomic mass is 16.6. The number of unbranched alkanes of at least 4 members (excludes halogenated alkanes) is 1. The zero-order valence-electron chi connectivity index (χ0n) is 31.8. The van der Waals surface area contributed by atoms with E-state index in [1.165, 1.54) is 7.11 Å². The second-order valence-corrected chi connectivity index (χ2v) is 14.9. The third-order valence-corrected chi connectivity index (χ3v) is 9.38. The summed E-state index contributed by atoms with van der Waals surface area (Å²) in [5.41, 5.74) is 0.481. The van der Waals surface area contributed by atoms with Gasteiger partial charge < -0.3 is 46.3 Å². The van der Waals surface area contributed by atoms with Gasteiger partial charge >= 0.3 is 30.0 Å². The number of esters is 1. The number of ether oxygens (including phenoxy) is 2. The van der Waals surface area contributed by atoms with Gasteiger partial charge in [0.15, 0.2) is 0 Å². The largest absolute Gasteiger partial charge is 0.481 e. The molecule has 1 aliphatic rings. The van der Waals surface area contributed by atoms with Crippen molar-refractivity contribution in [2.75, 3.05) is 26.7 Å². The number of carboxylic acid groups (broad SMARTS) is 2. The fraction of sp³-hybridized carbons (Fsp3) is 0.590. The van der Waals surface area contributed by atoms with E-state index in [0.717, 1.165) is 42.0 Å². The van der Waals surface area contributed by atoms with E-state index in [2.05, 4.69) is 38.7 Å². The zero-order chi connectivity index (χ0) is 39.7. The van der Waals surface area contributed by atoms with Crippen LogP contribution in [0.25, 0.3) is 10.8 Å². The summed E-state index contributed by atoms with van der Waals surface area (Å²) in [7, 11) is 1.17. The molecule has 54 heavy (non-hydrogen) atoms. The van der Waals surface area contributed by atoms with Crippen LogP contribution in [0.4, 0.5) is 9.59 Å². The van der Waals surface area contributed by atoms with Crippen molar-refractivity contribution in [2.45, 2.75) is 109 Å². The summed E-state index contributed by atoms with van der Waals surface area (Å²) in [5.74, 6) is -2.72. The van der Waals surface area contributed by atoms with Crippen LogP contribution in [0.15, 0.2) is 42.5 Å². The van der Waals surface area contributed by atoms with E-state index in [1.54, 1.807) is 0 Å². The number of aliphatic carboxylic acids is 2. The first-order valence-electron chi connectivity index (χ1n) is 18.7. The van der Waals surface area contributed by atoms with E-state index in [9.17, 15) is 33.9 Å². The van der Waals surface area contributed by atoms with Crippen LogP contribution < -0.4 is 26.6 Å². The smallest absolute Gasteiger partial charge is 0.407 e. The lowest BCUT2D eigenvalue weighted by Gasteiger charge is -2.30. The number of carbonyl (C=O) groups excluding carboxylic acids is 4. The Labute approximate surface area is 316 Å². The molecule has 0 unspecified atom stereocenters. The molecule has 15 nitrogen and oxygen atoms in total. The number of hydrogen-bond acceptors (Lipinski definition) is 9. The highest BCUT2D eigenvalue weighted by Crippen LogP contribution is 2.28. The van der Waals surface area contributed by atoms with E-state index in [-0.39, 0.29) is 18.7 Å². The minimum absolute atomic E-state index is 0.151. The van der Waals surface area contributed by atoms with Crippen molar-refractivity contribution in [3.8, 4) is 0 Å². The number of urea groups is 1. The Morgan fingerprint density at radius 2 is 1.44 bits per heavy atom. The van der Waals surface area contributed by atoms with Gasteiger partial charge in [-0.15, -0.1) is 0 Å². The maximum absolute atomic E-state index is 13.6. The molecule has 0 aromatic heterocycles. The molecule has 15 heteroatoms. The first kappa shape index (κ1) is 43.5. The van der Waals surface area contributed by atoms with E-state index in [0.29, 0.717) is 50.7 Å². The van der Waals surface area contributed by atoms with Gasteiger partial charge in [-0.1, -0.05) is 42.5 Å². The third kappa shape index (κ3) is 16.0. The molecule has 0 bridgehead atoms. The fourth-order valence-corrected chi connectivity index (χ4v) is 6.43. The minimum Gasteiger partial charge on any atom is -0.481 e. The average molecular weight is 756 g/mol.